The molecule has 2 aliphatic rings. The summed E-state index contributed by atoms with van der Waals surface area (Å²) in [5.74, 6) is -0.214. The Kier molecular flexibility index (Phi) is 25.8. The molecule has 14 nitrogen and oxygen atoms in total. The number of aliphatic hydroxyl groups is 8. The maximum Gasteiger partial charge on any atom is 0.220 e. The van der Waals surface area contributed by atoms with Gasteiger partial charge in [-0.15, -0.1) is 0 Å². The van der Waals surface area contributed by atoms with E-state index in [1.54, 1.807) is 0 Å². The quantitative estimate of drug-likeness (QED) is 0.0480. The average molecular weight is 766 g/mol. The second kappa shape index (κ2) is 28.4. The summed E-state index contributed by atoms with van der Waals surface area (Å²) in [6, 6.07) is -0.816. The van der Waals surface area contributed by atoms with Crippen molar-refractivity contribution >= 4 is 5.91 Å². The summed E-state index contributed by atoms with van der Waals surface area (Å²) in [4.78, 5) is 13.0. The molecule has 2 heterocycles. The van der Waals surface area contributed by atoms with Crippen molar-refractivity contribution in [2.75, 3.05) is 19.8 Å². The summed E-state index contributed by atoms with van der Waals surface area (Å²) >= 11 is 0. The van der Waals surface area contributed by atoms with E-state index in [2.05, 4.69) is 19.2 Å². The van der Waals surface area contributed by atoms with Gasteiger partial charge in [0.25, 0.3) is 0 Å². The highest BCUT2D eigenvalue weighted by Gasteiger charge is 2.50. The van der Waals surface area contributed by atoms with Crippen molar-refractivity contribution < 1.29 is 64.6 Å². The lowest BCUT2D eigenvalue weighted by atomic mass is 9.97. The minimum atomic E-state index is -1.78. The Bertz CT molecular complexity index is 915. The highest BCUT2D eigenvalue weighted by Crippen LogP contribution is 2.30. The van der Waals surface area contributed by atoms with Crippen LogP contribution in [-0.4, -0.2) is 140 Å². The van der Waals surface area contributed by atoms with Crippen LogP contribution < -0.4 is 5.32 Å². The number of carbonyl (C=O) groups excluding carboxylic acids is 1. The Hall–Kier alpha value is -1.01. The molecule has 0 radical (unpaired) electrons. The van der Waals surface area contributed by atoms with Gasteiger partial charge >= 0.3 is 0 Å². The SMILES string of the molecule is CCCCCCCCCCCCC[C@@H](O)[C@H](CO[C@@H]1O[C@H](CO)[C@@H](O[C@@H]2O[C@H](CO)[C@H](O)C(O)C2O)C(O)C1O)NC(=O)CCCCCCCCCC. The van der Waals surface area contributed by atoms with Crippen LogP contribution in [0.25, 0.3) is 0 Å². The van der Waals surface area contributed by atoms with Crippen LogP contribution >= 0.6 is 0 Å². The fourth-order valence-electron chi connectivity index (χ4n) is 7.06. The average Bonchev–Trinajstić information content (AvgIpc) is 3.15. The largest absolute Gasteiger partial charge is 0.394 e. The molecule has 2 aliphatic heterocycles. The number of ether oxygens (including phenoxy) is 4. The van der Waals surface area contributed by atoms with Gasteiger partial charge in [0.1, 0.15) is 48.8 Å². The maximum atomic E-state index is 13.0. The van der Waals surface area contributed by atoms with E-state index in [-0.39, 0.29) is 12.5 Å². The summed E-state index contributed by atoms with van der Waals surface area (Å²) in [6.07, 6.45) is 5.69. The Morgan fingerprint density at radius 2 is 1.08 bits per heavy atom. The molecule has 314 valence electrons. The van der Waals surface area contributed by atoms with E-state index >= 15 is 0 Å². The highest BCUT2D eigenvalue weighted by molar-refractivity contribution is 5.76. The molecule has 2 fully saturated rings. The molecule has 0 aromatic carbocycles. The molecule has 9 N–H and O–H groups in total. The first-order valence-electron chi connectivity index (χ1n) is 20.8. The number of rotatable bonds is 30. The summed E-state index contributed by atoms with van der Waals surface area (Å²) in [5.41, 5.74) is 0. The molecule has 2 saturated heterocycles. The van der Waals surface area contributed by atoms with Gasteiger partial charge in [0.15, 0.2) is 12.6 Å². The minimum absolute atomic E-state index is 0.214. The number of hydrogen-bond donors (Lipinski definition) is 9. The van der Waals surface area contributed by atoms with Gasteiger partial charge in [0.2, 0.25) is 5.91 Å². The molecule has 0 spiro atoms. The van der Waals surface area contributed by atoms with E-state index in [1.807, 2.05) is 0 Å². The molecular weight excluding hydrogens is 690 g/mol. The van der Waals surface area contributed by atoms with Crippen LogP contribution in [0.5, 0.6) is 0 Å². The van der Waals surface area contributed by atoms with Crippen molar-refractivity contribution in [3.05, 3.63) is 0 Å². The van der Waals surface area contributed by atoms with Gasteiger partial charge in [-0.2, -0.15) is 0 Å². The third-order valence-electron chi connectivity index (χ3n) is 10.6. The minimum Gasteiger partial charge on any atom is -0.394 e. The van der Waals surface area contributed by atoms with E-state index in [0.717, 1.165) is 51.4 Å². The van der Waals surface area contributed by atoms with E-state index in [0.29, 0.717) is 12.8 Å². The van der Waals surface area contributed by atoms with Gasteiger partial charge in [0, 0.05) is 6.42 Å². The van der Waals surface area contributed by atoms with Gasteiger partial charge < -0.3 is 65.1 Å². The summed E-state index contributed by atoms with van der Waals surface area (Å²) < 4.78 is 22.6. The molecule has 0 aromatic heterocycles. The van der Waals surface area contributed by atoms with Crippen molar-refractivity contribution in [2.45, 2.75) is 222 Å². The molecule has 0 saturated carbocycles. The molecule has 0 bridgehead atoms. The van der Waals surface area contributed by atoms with E-state index < -0.39 is 86.8 Å². The van der Waals surface area contributed by atoms with Gasteiger partial charge in [-0.1, -0.05) is 129 Å². The van der Waals surface area contributed by atoms with Crippen molar-refractivity contribution in [3.63, 3.8) is 0 Å². The molecule has 0 aliphatic carbocycles. The Morgan fingerprint density at radius 3 is 1.60 bits per heavy atom. The number of aliphatic hydroxyl groups excluding tert-OH is 8. The second-order valence-electron chi connectivity index (χ2n) is 15.1. The Labute approximate surface area is 317 Å². The van der Waals surface area contributed by atoms with Crippen LogP contribution in [0, 0.1) is 0 Å². The van der Waals surface area contributed by atoms with Crippen LogP contribution in [0.2, 0.25) is 0 Å². The standard InChI is InChI=1S/C39H75NO13/c1-3-5-7-9-11-13-14-15-16-18-20-22-28(43)27(40-31(44)23-21-19-17-12-10-8-6-4-2)26-50-38-36(49)34(47)37(30(25-42)52-38)53-39-35(48)33(46)32(45)29(24-41)51-39/h27-30,32-39,41-43,45-49H,3-26H2,1-2H3,(H,40,44)/t27-,28+,29+,30+,32-,33?,34?,35?,36?,37+,38+,39-/m0/s1. The van der Waals surface area contributed by atoms with Crippen LogP contribution in [0.3, 0.4) is 0 Å². The Balaban J connectivity index is 1.93. The monoisotopic (exact) mass is 766 g/mol. The molecule has 4 unspecified atom stereocenters. The molecule has 1 amide bonds. The normalized spacial score (nSPS) is 30.3. The lowest BCUT2D eigenvalue weighted by molar-refractivity contribution is -0.359. The Morgan fingerprint density at radius 1 is 0.604 bits per heavy atom. The van der Waals surface area contributed by atoms with Crippen LogP contribution in [0.15, 0.2) is 0 Å². The third-order valence-corrected chi connectivity index (χ3v) is 10.6. The number of unbranched alkanes of at least 4 members (excludes halogenated alkanes) is 17. The number of hydrogen-bond acceptors (Lipinski definition) is 13. The predicted octanol–water partition coefficient (Wildman–Crippen LogP) is 2.70. The first-order chi connectivity index (χ1) is 25.6. The first kappa shape index (κ1) is 48.1. The summed E-state index contributed by atoms with van der Waals surface area (Å²) in [5, 5.41) is 86.2. The van der Waals surface area contributed by atoms with Crippen LogP contribution in [-0.2, 0) is 23.7 Å². The lowest BCUT2D eigenvalue weighted by Gasteiger charge is -2.46. The first-order valence-corrected chi connectivity index (χ1v) is 20.8. The third kappa shape index (κ3) is 17.8. The predicted molar refractivity (Wildman–Crippen MR) is 199 cm³/mol. The topological polar surface area (TPSA) is 228 Å². The van der Waals surface area contributed by atoms with Gasteiger partial charge in [-0.25, -0.2) is 0 Å². The number of amides is 1. The van der Waals surface area contributed by atoms with Crippen molar-refractivity contribution in [2.24, 2.45) is 0 Å². The maximum absolute atomic E-state index is 13.0. The van der Waals surface area contributed by atoms with Crippen LogP contribution in [0.4, 0.5) is 0 Å². The molecule has 12 atom stereocenters. The summed E-state index contributed by atoms with van der Waals surface area (Å²) in [7, 11) is 0. The van der Waals surface area contributed by atoms with E-state index in [1.165, 1.54) is 70.6 Å². The molecule has 2 rings (SSSR count). The van der Waals surface area contributed by atoms with Gasteiger partial charge in [-0.05, 0) is 12.8 Å². The number of nitrogens with one attached hydrogen (secondary N) is 1. The second-order valence-corrected chi connectivity index (χ2v) is 15.1. The van der Waals surface area contributed by atoms with Gasteiger partial charge in [0.05, 0.1) is 32.0 Å². The van der Waals surface area contributed by atoms with Crippen molar-refractivity contribution in [3.8, 4) is 0 Å². The zero-order valence-electron chi connectivity index (χ0n) is 32.5. The van der Waals surface area contributed by atoms with Crippen molar-refractivity contribution in [1.29, 1.82) is 0 Å². The molecule has 14 heteroatoms. The fourth-order valence-corrected chi connectivity index (χ4v) is 7.06. The smallest absolute Gasteiger partial charge is 0.220 e. The van der Waals surface area contributed by atoms with Gasteiger partial charge in [-0.3, -0.25) is 4.79 Å². The van der Waals surface area contributed by atoms with Crippen molar-refractivity contribution in [1.82, 2.24) is 5.32 Å². The van der Waals surface area contributed by atoms with E-state index in [4.69, 9.17) is 18.9 Å². The van der Waals surface area contributed by atoms with E-state index in [9.17, 15) is 45.6 Å². The molecule has 53 heavy (non-hydrogen) atoms. The molecular formula is C39H75NO13. The fraction of sp³-hybridized carbons (Fsp3) is 0.974. The highest BCUT2D eigenvalue weighted by atomic mass is 16.7. The lowest BCUT2D eigenvalue weighted by Crippen LogP contribution is -2.65. The zero-order chi connectivity index (χ0) is 39.0. The summed E-state index contributed by atoms with van der Waals surface area (Å²) in [6.45, 7) is 2.77. The molecule has 0 aromatic rings. The zero-order valence-corrected chi connectivity index (χ0v) is 32.5. The number of carbonyl (C=O) groups is 1. The van der Waals surface area contributed by atoms with Crippen LogP contribution in [0.1, 0.15) is 149 Å².